The number of nitrogens with zero attached hydrogens (tertiary/aromatic N) is 2. The van der Waals surface area contributed by atoms with Gasteiger partial charge in [-0.15, -0.1) is 0 Å². The number of carbonyl (C=O) groups is 1. The predicted molar refractivity (Wildman–Crippen MR) is 69.7 cm³/mol. The van der Waals surface area contributed by atoms with Gasteiger partial charge in [-0.3, -0.25) is 4.79 Å². The van der Waals surface area contributed by atoms with E-state index in [1.165, 1.54) is 12.1 Å². The minimum Gasteiger partial charge on any atom is -0.383 e. The summed E-state index contributed by atoms with van der Waals surface area (Å²) in [5.41, 5.74) is 9.35. The van der Waals surface area contributed by atoms with Crippen molar-refractivity contribution in [2.24, 2.45) is 5.73 Å². The van der Waals surface area contributed by atoms with Gasteiger partial charge in [0, 0.05) is 5.69 Å². The number of carbonyl (C=O) groups excluding carboxylic acids is 1. The number of nitrogens with one attached hydrogen (secondary N) is 1. The van der Waals surface area contributed by atoms with E-state index in [0.29, 0.717) is 5.69 Å². The first-order chi connectivity index (χ1) is 9.79. The Labute approximate surface area is 117 Å². The van der Waals surface area contributed by atoms with Crippen molar-refractivity contribution in [2.45, 2.75) is 6.18 Å². The molecule has 0 aliphatic heterocycles. The van der Waals surface area contributed by atoms with Crippen LogP contribution >= 0.6 is 0 Å². The quantitative estimate of drug-likeness (QED) is 0.802. The number of rotatable bonds is 3. The third-order valence-electron chi connectivity index (χ3n) is 2.48. The molecule has 5 N–H and O–H groups in total. The highest BCUT2D eigenvalue weighted by atomic mass is 19.4. The summed E-state index contributed by atoms with van der Waals surface area (Å²) < 4.78 is 39.1. The van der Waals surface area contributed by atoms with Crippen molar-refractivity contribution in [2.75, 3.05) is 11.1 Å². The maximum atomic E-state index is 13.0. The van der Waals surface area contributed by atoms with Crippen molar-refractivity contribution in [3.8, 4) is 0 Å². The second-order valence-corrected chi connectivity index (χ2v) is 4.01. The van der Waals surface area contributed by atoms with Gasteiger partial charge >= 0.3 is 6.18 Å². The first kappa shape index (κ1) is 14.6. The Morgan fingerprint density at radius 3 is 2.29 bits per heavy atom. The molecule has 6 nitrogen and oxygen atoms in total. The summed E-state index contributed by atoms with van der Waals surface area (Å²) in [5, 5.41) is 2.46. The third kappa shape index (κ3) is 3.19. The zero-order valence-corrected chi connectivity index (χ0v) is 10.5. The van der Waals surface area contributed by atoms with E-state index in [2.05, 4.69) is 15.3 Å². The lowest BCUT2D eigenvalue weighted by atomic mass is 10.2. The summed E-state index contributed by atoms with van der Waals surface area (Å²) in [6, 6.07) is 7.99. The van der Waals surface area contributed by atoms with Crippen molar-refractivity contribution in [3.63, 3.8) is 0 Å². The number of para-hydroxylation sites is 1. The van der Waals surface area contributed by atoms with E-state index in [0.717, 1.165) is 0 Å². The van der Waals surface area contributed by atoms with Crippen LogP contribution in [-0.4, -0.2) is 15.9 Å². The number of aromatic nitrogens is 2. The van der Waals surface area contributed by atoms with E-state index in [-0.39, 0.29) is 0 Å². The maximum absolute atomic E-state index is 13.0. The molecule has 0 atom stereocenters. The number of hydrogen-bond acceptors (Lipinski definition) is 5. The zero-order chi connectivity index (χ0) is 15.6. The fraction of sp³-hybridized carbons (Fsp3) is 0.0833. The van der Waals surface area contributed by atoms with E-state index in [4.69, 9.17) is 11.5 Å². The van der Waals surface area contributed by atoms with Crippen LogP contribution in [0.4, 0.5) is 30.5 Å². The molecule has 9 heteroatoms. The lowest BCUT2D eigenvalue weighted by Crippen LogP contribution is -2.21. The molecule has 0 aliphatic carbocycles. The summed E-state index contributed by atoms with van der Waals surface area (Å²) in [6.07, 6.45) is -4.78. The van der Waals surface area contributed by atoms with Gasteiger partial charge in [-0.1, -0.05) is 18.2 Å². The molecular formula is C12H10F3N5O. The summed E-state index contributed by atoms with van der Waals surface area (Å²) >= 11 is 0. The largest absolute Gasteiger partial charge is 0.423 e. The second kappa shape index (κ2) is 5.27. The third-order valence-corrected chi connectivity index (χ3v) is 2.48. The topological polar surface area (TPSA) is 107 Å². The van der Waals surface area contributed by atoms with Gasteiger partial charge in [-0.25, -0.2) is 9.97 Å². The van der Waals surface area contributed by atoms with Gasteiger partial charge in [0.15, 0.2) is 0 Å². The number of alkyl halides is 3. The van der Waals surface area contributed by atoms with Crippen LogP contribution < -0.4 is 16.8 Å². The average Bonchev–Trinajstić information content (AvgIpc) is 2.37. The SMILES string of the molecule is NC(=O)c1nc(N)c(C(F)(F)F)c(Nc2ccccc2)n1. The first-order valence-corrected chi connectivity index (χ1v) is 5.65. The van der Waals surface area contributed by atoms with Crippen LogP contribution in [-0.2, 0) is 6.18 Å². The maximum Gasteiger partial charge on any atom is 0.423 e. The normalized spacial score (nSPS) is 11.2. The number of nitrogen functional groups attached to an aromatic ring is 1. The number of anilines is 3. The minimum atomic E-state index is -4.78. The van der Waals surface area contributed by atoms with Crippen molar-refractivity contribution in [3.05, 3.63) is 41.7 Å². The molecule has 0 bridgehead atoms. The Kier molecular flexibility index (Phi) is 3.66. The van der Waals surface area contributed by atoms with Crippen LogP contribution in [0, 0.1) is 0 Å². The monoisotopic (exact) mass is 297 g/mol. The molecule has 110 valence electrons. The fourth-order valence-electron chi connectivity index (χ4n) is 1.62. The molecule has 1 aromatic heterocycles. The summed E-state index contributed by atoms with van der Waals surface area (Å²) in [7, 11) is 0. The summed E-state index contributed by atoms with van der Waals surface area (Å²) in [6.45, 7) is 0. The Balaban J connectivity index is 2.57. The van der Waals surface area contributed by atoms with E-state index < -0.39 is 35.1 Å². The van der Waals surface area contributed by atoms with Crippen LogP contribution in [0.3, 0.4) is 0 Å². The number of benzene rings is 1. The predicted octanol–water partition coefficient (Wildman–Crippen LogP) is 1.92. The van der Waals surface area contributed by atoms with Gasteiger partial charge < -0.3 is 16.8 Å². The van der Waals surface area contributed by atoms with Gasteiger partial charge in [-0.2, -0.15) is 13.2 Å². The van der Waals surface area contributed by atoms with Crippen molar-refractivity contribution in [1.29, 1.82) is 0 Å². The number of hydrogen-bond donors (Lipinski definition) is 3. The molecule has 0 saturated carbocycles. The average molecular weight is 297 g/mol. The van der Waals surface area contributed by atoms with E-state index in [9.17, 15) is 18.0 Å². The molecule has 0 radical (unpaired) electrons. The Bertz CT molecular complexity index is 673. The first-order valence-electron chi connectivity index (χ1n) is 5.65. The molecule has 1 heterocycles. The molecule has 1 aromatic carbocycles. The van der Waals surface area contributed by atoms with Crippen LogP contribution in [0.2, 0.25) is 0 Å². The number of primary amides is 1. The van der Waals surface area contributed by atoms with E-state index in [1.54, 1.807) is 18.2 Å². The molecule has 21 heavy (non-hydrogen) atoms. The van der Waals surface area contributed by atoms with E-state index in [1.807, 2.05) is 0 Å². The minimum absolute atomic E-state index is 0.344. The van der Waals surface area contributed by atoms with Gasteiger partial charge in [-0.05, 0) is 12.1 Å². The van der Waals surface area contributed by atoms with E-state index >= 15 is 0 Å². The highest BCUT2D eigenvalue weighted by Crippen LogP contribution is 2.38. The summed E-state index contributed by atoms with van der Waals surface area (Å²) in [5.74, 6) is -3.18. The van der Waals surface area contributed by atoms with Gasteiger partial charge in [0.2, 0.25) is 5.82 Å². The van der Waals surface area contributed by atoms with Crippen molar-refractivity contribution < 1.29 is 18.0 Å². The number of nitrogens with two attached hydrogens (primary N) is 2. The molecule has 2 rings (SSSR count). The number of amides is 1. The second-order valence-electron chi connectivity index (χ2n) is 4.01. The fourth-order valence-corrected chi connectivity index (χ4v) is 1.62. The molecule has 0 fully saturated rings. The van der Waals surface area contributed by atoms with Crippen molar-refractivity contribution >= 4 is 23.2 Å². The Hall–Kier alpha value is -2.84. The number of halogens is 3. The molecule has 0 unspecified atom stereocenters. The van der Waals surface area contributed by atoms with Crippen molar-refractivity contribution in [1.82, 2.24) is 9.97 Å². The molecule has 0 aliphatic rings. The summed E-state index contributed by atoms with van der Waals surface area (Å²) in [4.78, 5) is 17.8. The highest BCUT2D eigenvalue weighted by molar-refractivity contribution is 5.90. The van der Waals surface area contributed by atoms with Gasteiger partial charge in [0.25, 0.3) is 5.91 Å². The van der Waals surface area contributed by atoms with Crippen LogP contribution in [0.1, 0.15) is 16.2 Å². The molecule has 2 aromatic rings. The van der Waals surface area contributed by atoms with Crippen LogP contribution in [0.5, 0.6) is 0 Å². The molecule has 1 amide bonds. The zero-order valence-electron chi connectivity index (χ0n) is 10.5. The van der Waals surface area contributed by atoms with Crippen LogP contribution in [0.15, 0.2) is 30.3 Å². The van der Waals surface area contributed by atoms with Crippen LogP contribution in [0.25, 0.3) is 0 Å². The Morgan fingerprint density at radius 2 is 1.76 bits per heavy atom. The Morgan fingerprint density at radius 1 is 1.14 bits per heavy atom. The van der Waals surface area contributed by atoms with Gasteiger partial charge in [0.05, 0.1) is 0 Å². The molecular weight excluding hydrogens is 287 g/mol. The smallest absolute Gasteiger partial charge is 0.383 e. The highest BCUT2D eigenvalue weighted by Gasteiger charge is 2.38. The lowest BCUT2D eigenvalue weighted by Gasteiger charge is -2.15. The standard InChI is InChI=1S/C12H10F3N5O/c13-12(14,15)7-8(16)19-11(9(17)21)20-10(7)18-6-4-2-1-3-5-6/h1-5H,(H2,17,21)(H3,16,18,19,20). The lowest BCUT2D eigenvalue weighted by molar-refractivity contribution is -0.136. The van der Waals surface area contributed by atoms with Gasteiger partial charge in [0.1, 0.15) is 17.2 Å². The molecule has 0 spiro atoms. The molecule has 0 saturated heterocycles.